The third-order valence-electron chi connectivity index (χ3n) is 3.18. The van der Waals surface area contributed by atoms with Crippen molar-refractivity contribution in [3.05, 3.63) is 34.6 Å². The summed E-state index contributed by atoms with van der Waals surface area (Å²) in [7, 11) is 0. The number of hydrogen-bond donors (Lipinski definition) is 0. The van der Waals surface area contributed by atoms with Gasteiger partial charge in [0, 0.05) is 32.0 Å². The maximum Gasteiger partial charge on any atom is 0.142 e. The van der Waals surface area contributed by atoms with Gasteiger partial charge in [-0.15, -0.1) is 0 Å². The van der Waals surface area contributed by atoms with Crippen molar-refractivity contribution < 1.29 is 9.18 Å². The molecule has 1 fully saturated rings. The summed E-state index contributed by atoms with van der Waals surface area (Å²) in [5.41, 5.74) is 0.785. The van der Waals surface area contributed by atoms with Crippen molar-refractivity contribution in [3.8, 4) is 0 Å². The first-order chi connectivity index (χ1) is 8.08. The standard InChI is InChI=1S/C13H15ClFNO/c1-9-7-16(6-5-12(9)17)8-10-3-2-4-11(15)13(10)14/h2-4,9H,5-8H2,1H3. The number of ketones is 1. The molecule has 0 N–H and O–H groups in total. The van der Waals surface area contributed by atoms with Crippen LogP contribution in [0, 0.1) is 11.7 Å². The number of likely N-dealkylation sites (tertiary alicyclic amines) is 1. The number of piperidine rings is 1. The van der Waals surface area contributed by atoms with Crippen molar-refractivity contribution in [1.82, 2.24) is 4.90 Å². The van der Waals surface area contributed by atoms with Crippen LogP contribution in [0.15, 0.2) is 18.2 Å². The van der Waals surface area contributed by atoms with Gasteiger partial charge in [-0.2, -0.15) is 0 Å². The van der Waals surface area contributed by atoms with Gasteiger partial charge in [0.15, 0.2) is 0 Å². The van der Waals surface area contributed by atoms with Gasteiger partial charge in [-0.25, -0.2) is 4.39 Å². The molecule has 4 heteroatoms. The van der Waals surface area contributed by atoms with E-state index in [1.807, 2.05) is 13.0 Å². The fraction of sp³-hybridized carbons (Fsp3) is 0.462. The molecule has 0 saturated carbocycles. The molecule has 1 aliphatic rings. The zero-order valence-corrected chi connectivity index (χ0v) is 10.5. The lowest BCUT2D eigenvalue weighted by Gasteiger charge is -2.30. The molecule has 1 saturated heterocycles. The quantitative estimate of drug-likeness (QED) is 0.810. The Labute approximate surface area is 105 Å². The first-order valence-electron chi connectivity index (χ1n) is 5.76. The predicted molar refractivity (Wildman–Crippen MR) is 65.5 cm³/mol. The Morgan fingerprint density at radius 3 is 3.00 bits per heavy atom. The molecular weight excluding hydrogens is 241 g/mol. The van der Waals surface area contributed by atoms with Gasteiger partial charge in [-0.1, -0.05) is 30.7 Å². The van der Waals surface area contributed by atoms with Gasteiger partial charge in [0.05, 0.1) is 5.02 Å². The second-order valence-electron chi connectivity index (χ2n) is 4.57. The lowest BCUT2D eigenvalue weighted by Crippen LogP contribution is -2.39. The highest BCUT2D eigenvalue weighted by atomic mass is 35.5. The van der Waals surface area contributed by atoms with Crippen molar-refractivity contribution in [2.24, 2.45) is 5.92 Å². The minimum Gasteiger partial charge on any atom is -0.299 e. The Kier molecular flexibility index (Phi) is 3.79. The van der Waals surface area contributed by atoms with E-state index in [-0.39, 0.29) is 16.8 Å². The van der Waals surface area contributed by atoms with Crippen molar-refractivity contribution in [1.29, 1.82) is 0 Å². The fourth-order valence-corrected chi connectivity index (χ4v) is 2.34. The highest BCUT2D eigenvalue weighted by molar-refractivity contribution is 6.31. The zero-order valence-electron chi connectivity index (χ0n) is 9.75. The van der Waals surface area contributed by atoms with Gasteiger partial charge in [-0.3, -0.25) is 9.69 Å². The van der Waals surface area contributed by atoms with Gasteiger partial charge < -0.3 is 0 Å². The molecule has 0 amide bonds. The molecule has 1 aromatic rings. The molecule has 0 aliphatic carbocycles. The van der Waals surface area contributed by atoms with Crippen LogP contribution < -0.4 is 0 Å². The minimum absolute atomic E-state index is 0.0658. The number of nitrogens with zero attached hydrogens (tertiary/aromatic N) is 1. The topological polar surface area (TPSA) is 20.3 Å². The summed E-state index contributed by atoms with van der Waals surface area (Å²) in [6, 6.07) is 4.84. The van der Waals surface area contributed by atoms with Crippen LogP contribution in [0.2, 0.25) is 5.02 Å². The van der Waals surface area contributed by atoms with E-state index in [9.17, 15) is 9.18 Å². The molecule has 0 radical (unpaired) electrons. The first kappa shape index (κ1) is 12.5. The van der Waals surface area contributed by atoms with Crippen molar-refractivity contribution in [2.45, 2.75) is 19.9 Å². The molecule has 17 heavy (non-hydrogen) atoms. The third-order valence-corrected chi connectivity index (χ3v) is 3.60. The molecular formula is C13H15ClFNO. The summed E-state index contributed by atoms with van der Waals surface area (Å²) < 4.78 is 13.3. The second-order valence-corrected chi connectivity index (χ2v) is 4.94. The summed E-state index contributed by atoms with van der Waals surface area (Å²) in [5, 5.41) is 0.192. The number of halogens is 2. The highest BCUT2D eigenvalue weighted by Gasteiger charge is 2.23. The number of benzene rings is 1. The van der Waals surface area contributed by atoms with Gasteiger partial charge in [0.25, 0.3) is 0 Å². The maximum atomic E-state index is 13.3. The Hall–Kier alpha value is -0.930. The maximum absolute atomic E-state index is 13.3. The van der Waals surface area contributed by atoms with Crippen LogP contribution in [0.1, 0.15) is 18.9 Å². The van der Waals surface area contributed by atoms with Crippen LogP contribution in [0.3, 0.4) is 0 Å². The monoisotopic (exact) mass is 255 g/mol. The molecule has 0 bridgehead atoms. The van der Waals surface area contributed by atoms with Crippen LogP contribution in [0.25, 0.3) is 0 Å². The van der Waals surface area contributed by atoms with E-state index in [2.05, 4.69) is 4.90 Å². The van der Waals surface area contributed by atoms with Crippen molar-refractivity contribution in [3.63, 3.8) is 0 Å². The molecule has 1 unspecified atom stereocenters. The second kappa shape index (κ2) is 5.15. The largest absolute Gasteiger partial charge is 0.299 e. The van der Waals surface area contributed by atoms with Crippen LogP contribution in [0.4, 0.5) is 4.39 Å². The van der Waals surface area contributed by atoms with E-state index in [4.69, 9.17) is 11.6 Å². The number of carbonyl (C=O) groups is 1. The van der Waals surface area contributed by atoms with Crippen LogP contribution in [-0.4, -0.2) is 23.8 Å². The SMILES string of the molecule is CC1CN(Cc2cccc(F)c2Cl)CCC1=O. The fourth-order valence-electron chi connectivity index (χ4n) is 2.15. The van der Waals surface area contributed by atoms with Crippen molar-refractivity contribution in [2.75, 3.05) is 13.1 Å². The van der Waals surface area contributed by atoms with Crippen molar-refractivity contribution >= 4 is 17.4 Å². The van der Waals surface area contributed by atoms with E-state index < -0.39 is 0 Å². The zero-order chi connectivity index (χ0) is 12.4. The molecule has 2 nitrogen and oxygen atoms in total. The van der Waals surface area contributed by atoms with E-state index in [0.717, 1.165) is 18.7 Å². The van der Waals surface area contributed by atoms with Crippen LogP contribution >= 0.6 is 11.6 Å². The van der Waals surface area contributed by atoms with E-state index in [1.165, 1.54) is 6.07 Å². The number of rotatable bonds is 2. The van der Waals surface area contributed by atoms with Crippen LogP contribution in [0.5, 0.6) is 0 Å². The predicted octanol–water partition coefficient (Wildman–Crippen LogP) is 2.89. The van der Waals surface area contributed by atoms with E-state index in [1.54, 1.807) is 6.07 Å². The van der Waals surface area contributed by atoms with Crippen LogP contribution in [-0.2, 0) is 11.3 Å². The summed E-state index contributed by atoms with van der Waals surface area (Å²) in [6.07, 6.45) is 0.577. The molecule has 1 atom stereocenters. The first-order valence-corrected chi connectivity index (χ1v) is 6.13. The molecule has 0 spiro atoms. The third kappa shape index (κ3) is 2.85. The lowest BCUT2D eigenvalue weighted by molar-refractivity contribution is -0.125. The summed E-state index contributed by atoms with van der Waals surface area (Å²) in [4.78, 5) is 13.5. The Morgan fingerprint density at radius 1 is 1.53 bits per heavy atom. The Balaban J connectivity index is 2.06. The number of hydrogen-bond acceptors (Lipinski definition) is 2. The van der Waals surface area contributed by atoms with Gasteiger partial charge in [-0.05, 0) is 11.6 Å². The number of Topliss-reactive ketones (excluding diaryl/α,β-unsaturated/α-hetero) is 1. The minimum atomic E-state index is -0.384. The Morgan fingerprint density at radius 2 is 2.29 bits per heavy atom. The summed E-state index contributed by atoms with van der Waals surface area (Å²) >= 11 is 5.91. The summed E-state index contributed by atoms with van der Waals surface area (Å²) in [6.45, 7) is 4.00. The normalized spacial score (nSPS) is 21.8. The summed E-state index contributed by atoms with van der Waals surface area (Å²) in [5.74, 6) is -0.00650. The number of carbonyl (C=O) groups excluding carboxylic acids is 1. The average Bonchev–Trinajstić information content (AvgIpc) is 2.30. The van der Waals surface area contributed by atoms with E-state index >= 15 is 0 Å². The molecule has 0 aromatic heterocycles. The highest BCUT2D eigenvalue weighted by Crippen LogP contribution is 2.23. The van der Waals surface area contributed by atoms with E-state index in [0.29, 0.717) is 18.7 Å². The van der Waals surface area contributed by atoms with Gasteiger partial charge in [0.1, 0.15) is 11.6 Å². The van der Waals surface area contributed by atoms with Gasteiger partial charge in [0.2, 0.25) is 0 Å². The molecule has 1 aromatic carbocycles. The molecule has 92 valence electrons. The Bertz CT molecular complexity index is 435. The molecule has 1 aliphatic heterocycles. The van der Waals surface area contributed by atoms with Gasteiger partial charge >= 0.3 is 0 Å². The smallest absolute Gasteiger partial charge is 0.142 e. The molecule has 1 heterocycles. The average molecular weight is 256 g/mol. The lowest BCUT2D eigenvalue weighted by atomic mass is 9.98. The molecule has 2 rings (SSSR count).